The lowest BCUT2D eigenvalue weighted by molar-refractivity contribution is -0.385. The van der Waals surface area contributed by atoms with Gasteiger partial charge in [-0.15, -0.1) is 0 Å². The molecule has 22 heavy (non-hydrogen) atoms. The van der Waals surface area contributed by atoms with Crippen LogP contribution in [0.15, 0.2) is 16.6 Å². The van der Waals surface area contributed by atoms with Crippen LogP contribution in [0.25, 0.3) is 0 Å². The highest BCUT2D eigenvalue weighted by atomic mass is 79.9. The van der Waals surface area contributed by atoms with Gasteiger partial charge in [0.25, 0.3) is 11.6 Å². The van der Waals surface area contributed by atoms with Crippen molar-refractivity contribution in [3.63, 3.8) is 0 Å². The van der Waals surface area contributed by atoms with Gasteiger partial charge < -0.3 is 10.4 Å². The molecule has 0 saturated carbocycles. The number of amides is 1. The molecule has 1 amide bonds. The molecule has 120 valence electrons. The molecule has 0 aliphatic carbocycles. The SMILES string of the molecule is CC[C@H](C)[C@H](NC(=O)c1cc(F)cc([N+](=O)[O-])c1Br)C(=O)O. The van der Waals surface area contributed by atoms with Crippen molar-refractivity contribution in [2.75, 3.05) is 0 Å². The number of benzene rings is 1. The third kappa shape index (κ3) is 4.00. The summed E-state index contributed by atoms with van der Waals surface area (Å²) in [5, 5.41) is 22.2. The van der Waals surface area contributed by atoms with Crippen molar-refractivity contribution >= 4 is 33.5 Å². The highest BCUT2D eigenvalue weighted by Crippen LogP contribution is 2.30. The molecule has 0 radical (unpaired) electrons. The van der Waals surface area contributed by atoms with Crippen LogP contribution in [-0.4, -0.2) is 27.9 Å². The Balaban J connectivity index is 3.18. The largest absolute Gasteiger partial charge is 0.480 e. The lowest BCUT2D eigenvalue weighted by Crippen LogP contribution is -2.45. The van der Waals surface area contributed by atoms with Gasteiger partial charge in [0.15, 0.2) is 0 Å². The normalized spacial score (nSPS) is 13.3. The summed E-state index contributed by atoms with van der Waals surface area (Å²) < 4.78 is 13.2. The average molecular weight is 377 g/mol. The zero-order chi connectivity index (χ0) is 17.0. The Morgan fingerprint density at radius 3 is 2.55 bits per heavy atom. The molecule has 0 heterocycles. The van der Waals surface area contributed by atoms with Crippen molar-refractivity contribution in [1.29, 1.82) is 0 Å². The van der Waals surface area contributed by atoms with Crippen LogP contribution in [0, 0.1) is 21.8 Å². The molecule has 0 bridgehead atoms. The quantitative estimate of drug-likeness (QED) is 0.585. The zero-order valence-electron chi connectivity index (χ0n) is 11.8. The molecule has 9 heteroatoms. The lowest BCUT2D eigenvalue weighted by Gasteiger charge is -2.20. The number of hydrogen-bond donors (Lipinski definition) is 2. The van der Waals surface area contributed by atoms with Crippen LogP contribution in [0.3, 0.4) is 0 Å². The summed E-state index contributed by atoms with van der Waals surface area (Å²) in [5.41, 5.74) is -0.943. The lowest BCUT2D eigenvalue weighted by atomic mass is 9.99. The number of aliphatic carboxylic acids is 1. The number of carbonyl (C=O) groups excluding carboxylic acids is 1. The summed E-state index contributed by atoms with van der Waals surface area (Å²) in [7, 11) is 0. The maximum Gasteiger partial charge on any atom is 0.326 e. The molecular weight excluding hydrogens is 363 g/mol. The van der Waals surface area contributed by atoms with E-state index in [1.165, 1.54) is 0 Å². The van der Waals surface area contributed by atoms with Gasteiger partial charge in [-0.25, -0.2) is 9.18 Å². The topological polar surface area (TPSA) is 110 Å². The van der Waals surface area contributed by atoms with Gasteiger partial charge >= 0.3 is 5.97 Å². The minimum absolute atomic E-state index is 0.204. The van der Waals surface area contributed by atoms with Gasteiger partial charge in [0, 0.05) is 0 Å². The van der Waals surface area contributed by atoms with E-state index in [1.807, 2.05) is 0 Å². The summed E-state index contributed by atoms with van der Waals surface area (Å²) in [6.07, 6.45) is 0.502. The third-order valence-electron chi connectivity index (χ3n) is 3.23. The van der Waals surface area contributed by atoms with Crippen LogP contribution in [0.1, 0.15) is 30.6 Å². The van der Waals surface area contributed by atoms with Crippen LogP contribution in [0.2, 0.25) is 0 Å². The highest BCUT2D eigenvalue weighted by Gasteiger charge is 2.28. The number of rotatable bonds is 6. The molecule has 1 aromatic carbocycles. The van der Waals surface area contributed by atoms with E-state index in [2.05, 4.69) is 21.2 Å². The number of halogens is 2. The van der Waals surface area contributed by atoms with Crippen molar-refractivity contribution in [3.8, 4) is 0 Å². The van der Waals surface area contributed by atoms with Crippen LogP contribution in [0.5, 0.6) is 0 Å². The van der Waals surface area contributed by atoms with Crippen molar-refractivity contribution in [3.05, 3.63) is 38.1 Å². The Morgan fingerprint density at radius 1 is 1.50 bits per heavy atom. The Labute approximate surface area is 133 Å². The van der Waals surface area contributed by atoms with E-state index in [1.54, 1.807) is 13.8 Å². The highest BCUT2D eigenvalue weighted by molar-refractivity contribution is 9.10. The van der Waals surface area contributed by atoms with E-state index >= 15 is 0 Å². The van der Waals surface area contributed by atoms with Gasteiger partial charge in [0.1, 0.15) is 16.3 Å². The molecule has 7 nitrogen and oxygen atoms in total. The maximum atomic E-state index is 13.4. The minimum atomic E-state index is -1.23. The zero-order valence-corrected chi connectivity index (χ0v) is 13.4. The Hall–Kier alpha value is -2.03. The number of nitrogens with zero attached hydrogens (tertiary/aromatic N) is 1. The average Bonchev–Trinajstić information content (AvgIpc) is 2.45. The summed E-state index contributed by atoms with van der Waals surface area (Å²) in [6.45, 7) is 3.40. The number of carboxylic acid groups (broad SMARTS) is 1. The van der Waals surface area contributed by atoms with Gasteiger partial charge in [0.05, 0.1) is 16.6 Å². The summed E-state index contributed by atoms with van der Waals surface area (Å²) in [4.78, 5) is 33.3. The fraction of sp³-hybridized carbons (Fsp3) is 0.385. The molecule has 0 aliphatic rings. The second-order valence-electron chi connectivity index (χ2n) is 4.72. The molecule has 0 aromatic heterocycles. The van der Waals surface area contributed by atoms with Crippen LogP contribution < -0.4 is 5.32 Å². The molecule has 0 spiro atoms. The molecule has 0 saturated heterocycles. The summed E-state index contributed by atoms with van der Waals surface area (Å²) in [6, 6.07) is 0.304. The van der Waals surface area contributed by atoms with Crippen molar-refractivity contribution in [1.82, 2.24) is 5.32 Å². The van der Waals surface area contributed by atoms with E-state index < -0.39 is 34.3 Å². The van der Waals surface area contributed by atoms with Crippen molar-refractivity contribution < 1.29 is 24.0 Å². The number of carbonyl (C=O) groups is 2. The number of hydrogen-bond acceptors (Lipinski definition) is 4. The molecule has 0 unspecified atom stereocenters. The Morgan fingerprint density at radius 2 is 2.09 bits per heavy atom. The Kier molecular flexibility index (Phi) is 5.98. The molecule has 2 atom stereocenters. The monoisotopic (exact) mass is 376 g/mol. The fourth-order valence-corrected chi connectivity index (χ4v) is 2.33. The molecule has 0 fully saturated rings. The second-order valence-corrected chi connectivity index (χ2v) is 5.51. The molecule has 1 rings (SSSR count). The van der Waals surface area contributed by atoms with E-state index in [9.17, 15) is 24.1 Å². The first-order valence-corrected chi connectivity index (χ1v) is 7.15. The van der Waals surface area contributed by atoms with Crippen LogP contribution in [0.4, 0.5) is 10.1 Å². The predicted molar refractivity (Wildman–Crippen MR) is 79.1 cm³/mol. The van der Waals surface area contributed by atoms with E-state index in [0.717, 1.165) is 6.07 Å². The second kappa shape index (κ2) is 7.30. The van der Waals surface area contributed by atoms with Crippen LogP contribution in [-0.2, 0) is 4.79 Å². The summed E-state index contributed by atoms with van der Waals surface area (Å²) in [5.74, 6) is -3.45. The minimum Gasteiger partial charge on any atom is -0.480 e. The predicted octanol–water partition coefficient (Wildman–Crippen LogP) is 2.73. The number of nitro benzene ring substituents is 1. The van der Waals surface area contributed by atoms with Gasteiger partial charge in [-0.3, -0.25) is 14.9 Å². The van der Waals surface area contributed by atoms with Gasteiger partial charge in [0.2, 0.25) is 0 Å². The molecule has 1 aromatic rings. The van der Waals surface area contributed by atoms with Gasteiger partial charge in [-0.2, -0.15) is 0 Å². The molecule has 0 aliphatic heterocycles. The number of nitro groups is 1. The van der Waals surface area contributed by atoms with E-state index in [0.29, 0.717) is 12.5 Å². The number of nitrogens with one attached hydrogen (secondary N) is 1. The molecular formula is C13H14BrFN2O5. The fourth-order valence-electron chi connectivity index (χ4n) is 1.78. The summed E-state index contributed by atoms with van der Waals surface area (Å²) >= 11 is 2.88. The number of carboxylic acids is 1. The first kappa shape index (κ1) is 18.0. The first-order valence-electron chi connectivity index (χ1n) is 6.36. The standard InChI is InChI=1S/C13H14BrFN2O5/c1-3-6(2)11(13(19)20)16-12(18)8-4-7(15)5-9(10(8)14)17(21)22/h4-6,11H,3H2,1-2H3,(H,16,18)(H,19,20)/t6-,11-/m0/s1. The molecule has 2 N–H and O–H groups in total. The van der Waals surface area contributed by atoms with Crippen molar-refractivity contribution in [2.45, 2.75) is 26.3 Å². The van der Waals surface area contributed by atoms with E-state index in [4.69, 9.17) is 5.11 Å². The smallest absolute Gasteiger partial charge is 0.326 e. The van der Waals surface area contributed by atoms with Crippen molar-refractivity contribution in [2.24, 2.45) is 5.92 Å². The van der Waals surface area contributed by atoms with Gasteiger partial charge in [-0.1, -0.05) is 20.3 Å². The third-order valence-corrected chi connectivity index (χ3v) is 4.06. The van der Waals surface area contributed by atoms with Crippen LogP contribution >= 0.6 is 15.9 Å². The van der Waals surface area contributed by atoms with Gasteiger partial charge in [-0.05, 0) is 27.9 Å². The first-order chi connectivity index (χ1) is 10.2. The van der Waals surface area contributed by atoms with E-state index in [-0.39, 0.29) is 16.0 Å². The maximum absolute atomic E-state index is 13.4. The Bertz CT molecular complexity index is 623.